The number of fused-ring (bicyclic) bond motifs is 2. The highest BCUT2D eigenvalue weighted by Crippen LogP contribution is 2.42. The molecule has 5 aromatic rings. The number of ether oxygens (including phenoxy) is 4. The highest BCUT2D eigenvalue weighted by Gasteiger charge is 2.24. The third-order valence-corrected chi connectivity index (χ3v) is 6.48. The Morgan fingerprint density at radius 2 is 1.76 bits per heavy atom. The number of nitrogens with zero attached hydrogens (tertiary/aromatic N) is 3. The molecule has 194 valence electrons. The lowest BCUT2D eigenvalue weighted by Gasteiger charge is -2.13. The van der Waals surface area contributed by atoms with Gasteiger partial charge in [0.05, 0.1) is 50.2 Å². The predicted octanol–water partition coefficient (Wildman–Crippen LogP) is 6.08. The number of nitrogens with one attached hydrogen (secondary N) is 1. The summed E-state index contributed by atoms with van der Waals surface area (Å²) < 4.78 is 31.6. The maximum absolute atomic E-state index is 12.6. The van der Waals surface area contributed by atoms with Crippen LogP contribution < -0.4 is 14.8 Å². The van der Waals surface area contributed by atoms with E-state index < -0.39 is 12.2 Å². The van der Waals surface area contributed by atoms with Crippen LogP contribution >= 0.6 is 11.7 Å². The van der Waals surface area contributed by atoms with E-state index in [1.807, 2.05) is 59.2 Å². The molecule has 0 aliphatic heterocycles. The summed E-state index contributed by atoms with van der Waals surface area (Å²) >= 11 is 1.15. The van der Waals surface area contributed by atoms with Gasteiger partial charge in [-0.05, 0) is 60.5 Å². The summed E-state index contributed by atoms with van der Waals surface area (Å²) in [7, 11) is 2.89. The molecule has 0 saturated carbocycles. The Morgan fingerprint density at radius 1 is 0.974 bits per heavy atom. The standard InChI is InChI=1S/C27H24N4O6S/c1-4-36-27(33)37-25-24(17-6-9-19(34-2)10-7-17)20-14-18(28-26(32)35-3)8-12-23(20)31(25)15-16-5-11-21-22(13-16)30-38-29-21/h5-14H,4,15H2,1-3H3,(H,28,32). The molecule has 10 nitrogen and oxygen atoms in total. The zero-order valence-corrected chi connectivity index (χ0v) is 21.7. The van der Waals surface area contributed by atoms with Crippen molar-refractivity contribution in [3.8, 4) is 22.8 Å². The van der Waals surface area contributed by atoms with Crippen LogP contribution in [0.3, 0.4) is 0 Å². The molecule has 38 heavy (non-hydrogen) atoms. The topological polar surface area (TPSA) is 114 Å². The van der Waals surface area contributed by atoms with Gasteiger partial charge in [-0.2, -0.15) is 8.75 Å². The average Bonchev–Trinajstić information content (AvgIpc) is 3.51. The zero-order chi connectivity index (χ0) is 26.6. The van der Waals surface area contributed by atoms with Crippen LogP contribution in [0, 0.1) is 0 Å². The first-order valence-electron chi connectivity index (χ1n) is 11.7. The van der Waals surface area contributed by atoms with Crippen molar-refractivity contribution >= 4 is 51.6 Å². The molecular weight excluding hydrogens is 508 g/mol. The number of carbonyl (C=O) groups is 2. The molecule has 0 spiro atoms. The molecule has 0 saturated heterocycles. The Kier molecular flexibility index (Phi) is 7.09. The minimum Gasteiger partial charge on any atom is -0.497 e. The molecule has 11 heteroatoms. The third-order valence-electron chi connectivity index (χ3n) is 5.93. The van der Waals surface area contributed by atoms with Gasteiger partial charge in [-0.3, -0.25) is 5.32 Å². The van der Waals surface area contributed by atoms with Gasteiger partial charge in [0.15, 0.2) is 0 Å². The van der Waals surface area contributed by atoms with Gasteiger partial charge in [-0.15, -0.1) is 0 Å². The first-order chi connectivity index (χ1) is 18.5. The summed E-state index contributed by atoms with van der Waals surface area (Å²) in [6.45, 7) is 2.25. The molecule has 0 radical (unpaired) electrons. The fourth-order valence-electron chi connectivity index (χ4n) is 4.21. The van der Waals surface area contributed by atoms with Crippen LogP contribution in [-0.4, -0.2) is 46.4 Å². The zero-order valence-electron chi connectivity index (χ0n) is 20.9. The average molecular weight is 533 g/mol. The van der Waals surface area contributed by atoms with Gasteiger partial charge in [-0.25, -0.2) is 9.59 Å². The number of hydrogen-bond donors (Lipinski definition) is 1. The van der Waals surface area contributed by atoms with Crippen LogP contribution in [0.5, 0.6) is 11.6 Å². The van der Waals surface area contributed by atoms with Crippen molar-refractivity contribution in [2.45, 2.75) is 13.5 Å². The molecule has 0 bridgehead atoms. The second-order valence-electron chi connectivity index (χ2n) is 8.22. The van der Waals surface area contributed by atoms with Gasteiger partial charge in [0.2, 0.25) is 5.88 Å². The minimum absolute atomic E-state index is 0.164. The highest BCUT2D eigenvalue weighted by molar-refractivity contribution is 7.00. The van der Waals surface area contributed by atoms with E-state index in [1.165, 1.54) is 7.11 Å². The van der Waals surface area contributed by atoms with E-state index in [0.29, 0.717) is 29.4 Å². The van der Waals surface area contributed by atoms with Crippen molar-refractivity contribution in [3.05, 3.63) is 66.2 Å². The molecule has 2 aromatic heterocycles. The largest absolute Gasteiger partial charge is 0.515 e. The highest BCUT2D eigenvalue weighted by atomic mass is 32.1. The first kappa shape index (κ1) is 25.0. The third kappa shape index (κ3) is 4.96. The molecule has 1 amide bonds. The monoisotopic (exact) mass is 532 g/mol. The van der Waals surface area contributed by atoms with Gasteiger partial charge in [-0.1, -0.05) is 18.2 Å². The molecule has 3 aromatic carbocycles. The molecule has 0 atom stereocenters. The van der Waals surface area contributed by atoms with Crippen molar-refractivity contribution < 1.29 is 28.5 Å². The van der Waals surface area contributed by atoms with E-state index in [2.05, 4.69) is 14.1 Å². The lowest BCUT2D eigenvalue weighted by Crippen LogP contribution is -2.14. The van der Waals surface area contributed by atoms with E-state index in [1.54, 1.807) is 20.1 Å². The number of methoxy groups -OCH3 is 2. The van der Waals surface area contributed by atoms with Crippen LogP contribution in [0.25, 0.3) is 33.1 Å². The van der Waals surface area contributed by atoms with Crippen LogP contribution in [0.2, 0.25) is 0 Å². The first-order valence-corrected chi connectivity index (χ1v) is 12.4. The van der Waals surface area contributed by atoms with Gasteiger partial charge < -0.3 is 23.5 Å². The Labute approximate surface area is 222 Å². The SMILES string of the molecule is CCOC(=O)Oc1c(-c2ccc(OC)cc2)c2cc(NC(=O)OC)ccc2n1Cc1ccc2nsnc2c1. The van der Waals surface area contributed by atoms with Crippen molar-refractivity contribution in [2.24, 2.45) is 0 Å². The second-order valence-corrected chi connectivity index (χ2v) is 8.74. The molecule has 5 rings (SSSR count). The minimum atomic E-state index is -0.821. The van der Waals surface area contributed by atoms with Crippen LogP contribution in [0.15, 0.2) is 60.7 Å². The summed E-state index contributed by atoms with van der Waals surface area (Å²) in [5, 5.41) is 3.45. The molecule has 0 aliphatic rings. The number of carbonyl (C=O) groups excluding carboxylic acids is 2. The maximum Gasteiger partial charge on any atom is 0.515 e. The normalized spacial score (nSPS) is 10.9. The van der Waals surface area contributed by atoms with Crippen molar-refractivity contribution in [2.75, 3.05) is 26.1 Å². The smallest absolute Gasteiger partial charge is 0.497 e. The summed E-state index contributed by atoms with van der Waals surface area (Å²) in [6, 6.07) is 18.7. The van der Waals surface area contributed by atoms with E-state index >= 15 is 0 Å². The van der Waals surface area contributed by atoms with E-state index in [4.69, 9.17) is 18.9 Å². The van der Waals surface area contributed by atoms with Crippen molar-refractivity contribution in [1.82, 2.24) is 13.3 Å². The summed E-state index contributed by atoms with van der Waals surface area (Å²) in [4.78, 5) is 24.5. The molecule has 0 aliphatic carbocycles. The van der Waals surface area contributed by atoms with E-state index in [0.717, 1.165) is 44.8 Å². The predicted molar refractivity (Wildman–Crippen MR) is 144 cm³/mol. The lowest BCUT2D eigenvalue weighted by molar-refractivity contribution is 0.101. The molecular formula is C27H24N4O6S. The molecule has 0 unspecified atom stereocenters. The number of anilines is 1. The van der Waals surface area contributed by atoms with Crippen LogP contribution in [0.1, 0.15) is 12.5 Å². The fraction of sp³-hybridized carbons (Fsp3) is 0.185. The summed E-state index contributed by atoms with van der Waals surface area (Å²) in [6.07, 6.45) is -1.42. The van der Waals surface area contributed by atoms with Gasteiger partial charge in [0.1, 0.15) is 16.8 Å². The lowest BCUT2D eigenvalue weighted by atomic mass is 10.0. The summed E-state index contributed by atoms with van der Waals surface area (Å²) in [5.41, 5.74) is 5.28. The molecule has 2 heterocycles. The van der Waals surface area contributed by atoms with Gasteiger partial charge in [0, 0.05) is 11.1 Å². The van der Waals surface area contributed by atoms with Crippen LogP contribution in [0.4, 0.5) is 15.3 Å². The number of amides is 1. The fourth-order valence-corrected chi connectivity index (χ4v) is 4.73. The number of hydrogen-bond acceptors (Lipinski definition) is 9. The van der Waals surface area contributed by atoms with Crippen molar-refractivity contribution in [3.63, 3.8) is 0 Å². The van der Waals surface area contributed by atoms with Gasteiger partial charge in [0.25, 0.3) is 0 Å². The Morgan fingerprint density at radius 3 is 2.50 bits per heavy atom. The van der Waals surface area contributed by atoms with E-state index in [9.17, 15) is 9.59 Å². The summed E-state index contributed by atoms with van der Waals surface area (Å²) in [5.74, 6) is 0.985. The molecule has 0 fully saturated rings. The maximum atomic E-state index is 12.6. The van der Waals surface area contributed by atoms with Crippen molar-refractivity contribution in [1.29, 1.82) is 0 Å². The second kappa shape index (κ2) is 10.8. The number of rotatable bonds is 7. The Bertz CT molecular complexity index is 1630. The number of benzene rings is 3. The van der Waals surface area contributed by atoms with E-state index in [-0.39, 0.29) is 6.61 Å². The molecule has 1 N–H and O–H groups in total. The van der Waals surface area contributed by atoms with Crippen LogP contribution in [-0.2, 0) is 16.0 Å². The number of aromatic nitrogens is 3. The quantitative estimate of drug-likeness (QED) is 0.251. The van der Waals surface area contributed by atoms with Gasteiger partial charge >= 0.3 is 12.2 Å². The Hall–Kier alpha value is -4.64. The Balaban J connectivity index is 1.73.